The number of thiophene rings is 1. The maximum atomic E-state index is 11.9. The summed E-state index contributed by atoms with van der Waals surface area (Å²) < 4.78 is 41.4. The van der Waals surface area contributed by atoms with Crippen molar-refractivity contribution in [1.29, 1.82) is 0 Å². The molecule has 0 radical (unpaired) electrons. The third-order valence-electron chi connectivity index (χ3n) is 2.28. The SMILES string of the molecule is CCNC(CCOCC(F)(F)F)c1cscc1Br. The number of hydrogen-bond acceptors (Lipinski definition) is 3. The summed E-state index contributed by atoms with van der Waals surface area (Å²) in [4.78, 5) is 0. The molecular weight excluding hydrogens is 331 g/mol. The van der Waals surface area contributed by atoms with E-state index >= 15 is 0 Å². The molecule has 2 nitrogen and oxygen atoms in total. The first-order chi connectivity index (χ1) is 8.44. The van der Waals surface area contributed by atoms with Gasteiger partial charge in [0.05, 0.1) is 0 Å². The highest BCUT2D eigenvalue weighted by molar-refractivity contribution is 9.10. The highest BCUT2D eigenvalue weighted by Gasteiger charge is 2.27. The van der Waals surface area contributed by atoms with E-state index in [4.69, 9.17) is 0 Å². The molecule has 0 saturated heterocycles. The predicted octanol–water partition coefficient (Wildman–Crippen LogP) is 4.13. The lowest BCUT2D eigenvalue weighted by molar-refractivity contribution is -0.174. The Hall–Kier alpha value is -0.110. The molecule has 0 aliphatic heterocycles. The lowest BCUT2D eigenvalue weighted by Crippen LogP contribution is -2.24. The molecule has 7 heteroatoms. The summed E-state index contributed by atoms with van der Waals surface area (Å²) in [6.07, 6.45) is -3.74. The minimum absolute atomic E-state index is 0.0175. The Bertz CT molecular complexity index is 356. The summed E-state index contributed by atoms with van der Waals surface area (Å²) in [5, 5.41) is 7.18. The molecule has 1 aromatic rings. The molecule has 1 unspecified atom stereocenters. The molecular formula is C11H15BrF3NOS. The molecule has 1 N–H and O–H groups in total. The number of hydrogen-bond donors (Lipinski definition) is 1. The van der Waals surface area contributed by atoms with Crippen LogP contribution < -0.4 is 5.32 Å². The molecule has 1 aromatic heterocycles. The van der Waals surface area contributed by atoms with Gasteiger partial charge in [-0.3, -0.25) is 0 Å². The van der Waals surface area contributed by atoms with Gasteiger partial charge in [-0.25, -0.2) is 0 Å². The molecule has 0 fully saturated rings. The van der Waals surface area contributed by atoms with Gasteiger partial charge < -0.3 is 10.1 Å². The number of halogens is 4. The average Bonchev–Trinajstić information content (AvgIpc) is 2.68. The van der Waals surface area contributed by atoms with Gasteiger partial charge in [-0.05, 0) is 39.8 Å². The minimum Gasteiger partial charge on any atom is -0.372 e. The summed E-state index contributed by atoms with van der Waals surface area (Å²) in [6, 6.07) is 0.0175. The Labute approximate surface area is 117 Å². The maximum Gasteiger partial charge on any atom is 0.411 e. The van der Waals surface area contributed by atoms with E-state index in [0.29, 0.717) is 6.42 Å². The number of ether oxygens (including phenoxy) is 1. The highest BCUT2D eigenvalue weighted by Crippen LogP contribution is 2.29. The van der Waals surface area contributed by atoms with E-state index in [1.807, 2.05) is 17.7 Å². The first-order valence-electron chi connectivity index (χ1n) is 5.53. The second-order valence-corrected chi connectivity index (χ2v) is 5.34. The summed E-state index contributed by atoms with van der Waals surface area (Å²) in [5.74, 6) is 0. The van der Waals surface area contributed by atoms with Gasteiger partial charge >= 0.3 is 6.18 Å². The van der Waals surface area contributed by atoms with Crippen LogP contribution in [0.4, 0.5) is 13.2 Å². The standard InChI is InChI=1S/C11H15BrF3NOS/c1-2-16-10(8-5-18-6-9(8)12)3-4-17-7-11(13,14)15/h5-6,10,16H,2-4,7H2,1H3. The predicted molar refractivity (Wildman–Crippen MR) is 69.9 cm³/mol. The van der Waals surface area contributed by atoms with Crippen LogP contribution in [0.3, 0.4) is 0 Å². The van der Waals surface area contributed by atoms with Gasteiger partial charge in [0.1, 0.15) is 6.61 Å². The molecule has 1 rings (SSSR count). The van der Waals surface area contributed by atoms with E-state index in [0.717, 1.165) is 16.6 Å². The molecule has 1 atom stereocenters. The Kier molecular flexibility index (Phi) is 6.62. The van der Waals surface area contributed by atoms with E-state index in [-0.39, 0.29) is 12.6 Å². The van der Waals surface area contributed by atoms with Gasteiger partial charge in [0.25, 0.3) is 0 Å². The van der Waals surface area contributed by atoms with Crippen LogP contribution in [0.1, 0.15) is 24.9 Å². The van der Waals surface area contributed by atoms with Crippen LogP contribution >= 0.6 is 27.3 Å². The quantitative estimate of drug-likeness (QED) is 0.750. The van der Waals surface area contributed by atoms with Crippen LogP contribution in [0.15, 0.2) is 15.2 Å². The average molecular weight is 346 g/mol. The second-order valence-electron chi connectivity index (χ2n) is 3.74. The van der Waals surface area contributed by atoms with Crippen LogP contribution in [0.5, 0.6) is 0 Å². The Morgan fingerprint density at radius 2 is 2.17 bits per heavy atom. The second kappa shape index (κ2) is 7.47. The zero-order valence-corrected chi connectivity index (χ0v) is 12.3. The van der Waals surface area contributed by atoms with E-state index in [9.17, 15) is 13.2 Å². The fourth-order valence-electron chi connectivity index (χ4n) is 1.54. The Morgan fingerprint density at radius 1 is 1.44 bits per heavy atom. The molecule has 0 aliphatic carbocycles. The minimum atomic E-state index is -4.25. The van der Waals surface area contributed by atoms with Crippen molar-refractivity contribution in [3.05, 3.63) is 20.8 Å². The Morgan fingerprint density at radius 3 is 2.67 bits per heavy atom. The summed E-state index contributed by atoms with van der Waals surface area (Å²) in [7, 11) is 0. The topological polar surface area (TPSA) is 21.3 Å². The largest absolute Gasteiger partial charge is 0.411 e. The molecule has 104 valence electrons. The monoisotopic (exact) mass is 345 g/mol. The van der Waals surface area contributed by atoms with Crippen LogP contribution in [0.2, 0.25) is 0 Å². The van der Waals surface area contributed by atoms with Crippen molar-refractivity contribution in [3.63, 3.8) is 0 Å². The van der Waals surface area contributed by atoms with Crippen LogP contribution in [0.25, 0.3) is 0 Å². The molecule has 0 bridgehead atoms. The third kappa shape index (κ3) is 5.69. The van der Waals surface area contributed by atoms with Gasteiger partial charge in [-0.15, -0.1) is 0 Å². The third-order valence-corrected chi connectivity index (χ3v) is 4.04. The zero-order valence-electron chi connectivity index (χ0n) is 9.89. The van der Waals surface area contributed by atoms with E-state index in [1.54, 1.807) is 11.3 Å². The first kappa shape index (κ1) is 15.9. The van der Waals surface area contributed by atoms with Crippen molar-refractivity contribution >= 4 is 27.3 Å². The van der Waals surface area contributed by atoms with Crippen LogP contribution in [-0.2, 0) is 4.74 Å². The molecule has 0 aromatic carbocycles. The first-order valence-corrected chi connectivity index (χ1v) is 7.27. The number of nitrogens with one attached hydrogen (secondary N) is 1. The number of rotatable bonds is 7. The van der Waals surface area contributed by atoms with E-state index in [2.05, 4.69) is 26.0 Å². The van der Waals surface area contributed by atoms with Crippen molar-refractivity contribution in [3.8, 4) is 0 Å². The van der Waals surface area contributed by atoms with Crippen molar-refractivity contribution in [2.24, 2.45) is 0 Å². The van der Waals surface area contributed by atoms with Gasteiger partial charge in [0.15, 0.2) is 0 Å². The van der Waals surface area contributed by atoms with E-state index in [1.165, 1.54) is 0 Å². The fourth-order valence-corrected chi connectivity index (χ4v) is 3.17. The lowest BCUT2D eigenvalue weighted by atomic mass is 10.1. The van der Waals surface area contributed by atoms with Gasteiger partial charge in [-0.2, -0.15) is 24.5 Å². The normalized spacial score (nSPS) is 13.8. The Balaban J connectivity index is 2.42. The number of alkyl halides is 3. The molecule has 0 spiro atoms. The van der Waals surface area contributed by atoms with Crippen molar-refractivity contribution in [1.82, 2.24) is 5.32 Å². The van der Waals surface area contributed by atoms with E-state index < -0.39 is 12.8 Å². The zero-order chi connectivity index (χ0) is 13.6. The highest BCUT2D eigenvalue weighted by atomic mass is 79.9. The van der Waals surface area contributed by atoms with Crippen molar-refractivity contribution in [2.75, 3.05) is 19.8 Å². The van der Waals surface area contributed by atoms with Crippen LogP contribution in [-0.4, -0.2) is 25.9 Å². The molecule has 18 heavy (non-hydrogen) atoms. The van der Waals surface area contributed by atoms with Gasteiger partial charge in [-0.1, -0.05) is 6.92 Å². The summed E-state index contributed by atoms with van der Waals surface area (Å²) in [6.45, 7) is 1.62. The van der Waals surface area contributed by atoms with Gasteiger partial charge in [0, 0.05) is 22.5 Å². The van der Waals surface area contributed by atoms with Crippen molar-refractivity contribution in [2.45, 2.75) is 25.6 Å². The fraction of sp³-hybridized carbons (Fsp3) is 0.636. The summed E-state index contributed by atoms with van der Waals surface area (Å²) in [5.41, 5.74) is 1.07. The molecule has 0 saturated carbocycles. The molecule has 0 amide bonds. The van der Waals surface area contributed by atoms with Gasteiger partial charge in [0.2, 0.25) is 0 Å². The van der Waals surface area contributed by atoms with Crippen molar-refractivity contribution < 1.29 is 17.9 Å². The molecule has 0 aliphatic rings. The van der Waals surface area contributed by atoms with Crippen LogP contribution in [0, 0.1) is 0 Å². The smallest absolute Gasteiger partial charge is 0.372 e. The molecule has 1 heterocycles. The summed E-state index contributed by atoms with van der Waals surface area (Å²) >= 11 is 4.98. The maximum absolute atomic E-state index is 11.9. The lowest BCUT2D eigenvalue weighted by Gasteiger charge is -2.18.